The number of unbranched alkanes of at least 4 members (excludes halogenated alkanes) is 1. The molecule has 5 heteroatoms. The minimum atomic E-state index is -0.967. The minimum absolute atomic E-state index is 0.104. The average Bonchev–Trinajstić information content (AvgIpc) is 3.12. The number of phenolic OH excluding ortho intramolecular Hbond substituents is 1. The molecule has 2 aliphatic heterocycles. The van der Waals surface area contributed by atoms with Crippen LogP contribution >= 0.6 is 0 Å². The Bertz CT molecular complexity index is 983. The van der Waals surface area contributed by atoms with Crippen LogP contribution in [0.1, 0.15) is 85.3 Å². The summed E-state index contributed by atoms with van der Waals surface area (Å²) >= 11 is 0. The number of aromatic hydroxyl groups is 1. The third-order valence-electron chi connectivity index (χ3n) is 11.0. The molecule has 1 saturated heterocycles. The van der Waals surface area contributed by atoms with E-state index in [1.54, 1.807) is 7.11 Å². The standard InChI is InChI=1S/C29H45NO4/c1-9-10-14-30-15-13-29-22-18-11-12-19(31)23(22)34-24(29)27(6,33-8)20(28(7,32)25(2,3)4)17-26(29,5)21(30)16-18/h11-12,20-21,24,31-32H,9-10,13-17H2,1-8H3/t20-,21+,24-,26+,27+,28-,29-/m0/s1. The molecular formula is C29H45NO4. The number of hydrogen-bond acceptors (Lipinski definition) is 5. The molecule has 190 valence electrons. The van der Waals surface area contributed by atoms with E-state index in [9.17, 15) is 10.2 Å². The Morgan fingerprint density at radius 3 is 2.53 bits per heavy atom. The van der Waals surface area contributed by atoms with Crippen molar-refractivity contribution in [2.45, 2.75) is 109 Å². The number of phenols is 1. The maximum absolute atomic E-state index is 12.1. The summed E-state index contributed by atoms with van der Waals surface area (Å²) in [7, 11) is 1.77. The van der Waals surface area contributed by atoms with Crippen LogP contribution in [0.25, 0.3) is 0 Å². The van der Waals surface area contributed by atoms with E-state index in [0.29, 0.717) is 11.8 Å². The molecule has 7 atom stereocenters. The molecule has 4 aliphatic rings. The van der Waals surface area contributed by atoms with E-state index >= 15 is 0 Å². The van der Waals surface area contributed by atoms with E-state index in [0.717, 1.165) is 32.4 Å². The van der Waals surface area contributed by atoms with Gasteiger partial charge in [-0.05, 0) is 75.1 Å². The van der Waals surface area contributed by atoms with Gasteiger partial charge in [-0.1, -0.05) is 47.1 Å². The number of hydrogen-bond donors (Lipinski definition) is 2. The topological polar surface area (TPSA) is 62.2 Å². The molecule has 34 heavy (non-hydrogen) atoms. The van der Waals surface area contributed by atoms with Crippen LogP contribution in [0.5, 0.6) is 11.5 Å². The van der Waals surface area contributed by atoms with E-state index in [1.807, 2.05) is 13.0 Å². The second-order valence-corrected chi connectivity index (χ2v) is 13.2. The molecule has 1 aromatic rings. The fourth-order valence-electron chi connectivity index (χ4n) is 8.50. The van der Waals surface area contributed by atoms with Crippen LogP contribution in [0.2, 0.25) is 0 Å². The Hall–Kier alpha value is -1.30. The summed E-state index contributed by atoms with van der Waals surface area (Å²) in [5.74, 6) is 0.766. The molecule has 0 aromatic heterocycles. The van der Waals surface area contributed by atoms with Crippen molar-refractivity contribution in [3.63, 3.8) is 0 Å². The van der Waals surface area contributed by atoms with Gasteiger partial charge in [-0.3, -0.25) is 4.90 Å². The van der Waals surface area contributed by atoms with Crippen LogP contribution in [0, 0.1) is 16.7 Å². The minimum Gasteiger partial charge on any atom is -0.504 e. The van der Waals surface area contributed by atoms with E-state index in [-0.39, 0.29) is 34.0 Å². The number of aliphatic hydroxyl groups is 1. The summed E-state index contributed by atoms with van der Waals surface area (Å²) in [6, 6.07) is 4.31. The highest BCUT2D eigenvalue weighted by atomic mass is 16.6. The average molecular weight is 472 g/mol. The van der Waals surface area contributed by atoms with Gasteiger partial charge in [-0.2, -0.15) is 0 Å². The van der Waals surface area contributed by atoms with Crippen molar-refractivity contribution in [2.75, 3.05) is 20.2 Å². The number of ether oxygens (including phenoxy) is 2. The lowest BCUT2D eigenvalue weighted by atomic mass is 9.38. The lowest BCUT2D eigenvalue weighted by Gasteiger charge is -2.70. The Morgan fingerprint density at radius 1 is 1.21 bits per heavy atom. The van der Waals surface area contributed by atoms with Crippen molar-refractivity contribution >= 4 is 0 Å². The number of nitrogens with zero attached hydrogens (tertiary/aromatic N) is 1. The summed E-state index contributed by atoms with van der Waals surface area (Å²) < 4.78 is 13.2. The first-order valence-electron chi connectivity index (χ1n) is 13.3. The first-order chi connectivity index (χ1) is 15.8. The van der Waals surface area contributed by atoms with Crippen molar-refractivity contribution in [2.24, 2.45) is 16.7 Å². The number of methoxy groups -OCH3 is 1. The van der Waals surface area contributed by atoms with Crippen molar-refractivity contribution in [1.82, 2.24) is 4.90 Å². The molecule has 1 aromatic carbocycles. The molecule has 2 heterocycles. The van der Waals surface area contributed by atoms with Crippen molar-refractivity contribution in [3.8, 4) is 11.5 Å². The fraction of sp³-hybridized carbons (Fsp3) is 0.793. The van der Waals surface area contributed by atoms with Crippen LogP contribution in [0.3, 0.4) is 0 Å². The van der Waals surface area contributed by atoms with E-state index in [2.05, 4.69) is 52.5 Å². The highest BCUT2D eigenvalue weighted by molar-refractivity contribution is 5.62. The normalized spacial score (nSPS) is 40.4. The molecule has 2 fully saturated rings. The molecule has 0 radical (unpaired) electrons. The van der Waals surface area contributed by atoms with Crippen LogP contribution in [-0.2, 0) is 16.6 Å². The van der Waals surface area contributed by atoms with Gasteiger partial charge in [-0.25, -0.2) is 0 Å². The first-order valence-corrected chi connectivity index (χ1v) is 13.3. The molecule has 1 saturated carbocycles. The third kappa shape index (κ3) is 2.72. The summed E-state index contributed by atoms with van der Waals surface area (Å²) in [6.45, 7) is 17.4. The quantitative estimate of drug-likeness (QED) is 0.629. The first kappa shape index (κ1) is 24.4. The van der Waals surface area contributed by atoms with Gasteiger partial charge in [-0.15, -0.1) is 0 Å². The Labute approximate surface area is 205 Å². The number of rotatable bonds is 5. The molecular weight excluding hydrogens is 426 g/mol. The fourth-order valence-corrected chi connectivity index (χ4v) is 8.50. The highest BCUT2D eigenvalue weighted by Crippen LogP contribution is 2.73. The second-order valence-electron chi connectivity index (χ2n) is 13.2. The Balaban J connectivity index is 1.76. The summed E-state index contributed by atoms with van der Waals surface area (Å²) in [4.78, 5) is 2.72. The molecule has 2 aliphatic carbocycles. The molecule has 0 amide bonds. The smallest absolute Gasteiger partial charge is 0.165 e. The van der Waals surface area contributed by atoms with Crippen LogP contribution in [-0.4, -0.2) is 58.7 Å². The predicted octanol–water partition coefficient (Wildman–Crippen LogP) is 5.05. The SMILES string of the molecule is CCCCN1CC[C@]23c4c5ccc(O)c4O[C@H]2[C@](C)(OC)[C@@H]([C@](C)(O)C(C)(C)C)C[C@]3(C)[C@H]1C5. The Kier molecular flexibility index (Phi) is 5.28. The predicted molar refractivity (Wildman–Crippen MR) is 134 cm³/mol. The van der Waals surface area contributed by atoms with Gasteiger partial charge in [0.2, 0.25) is 0 Å². The number of benzene rings is 1. The zero-order valence-electron chi connectivity index (χ0n) is 22.5. The molecule has 0 unspecified atom stereocenters. The van der Waals surface area contributed by atoms with Gasteiger partial charge in [0, 0.05) is 30.0 Å². The number of likely N-dealkylation sites (tertiary alicyclic amines) is 1. The third-order valence-corrected chi connectivity index (χ3v) is 11.0. The van der Waals surface area contributed by atoms with Gasteiger partial charge in [0.15, 0.2) is 11.5 Å². The lowest BCUT2D eigenvalue weighted by Crippen LogP contribution is -2.79. The van der Waals surface area contributed by atoms with Gasteiger partial charge in [0.05, 0.1) is 5.60 Å². The summed E-state index contributed by atoms with van der Waals surface area (Å²) in [6.07, 6.45) is 4.94. The summed E-state index contributed by atoms with van der Waals surface area (Å²) in [5.41, 5.74) is 0.202. The van der Waals surface area contributed by atoms with Crippen molar-refractivity contribution in [3.05, 3.63) is 23.3 Å². The maximum atomic E-state index is 12.1. The highest BCUT2D eigenvalue weighted by Gasteiger charge is 2.77. The molecule has 2 bridgehead atoms. The zero-order chi connectivity index (χ0) is 24.9. The van der Waals surface area contributed by atoms with Crippen molar-refractivity contribution in [1.29, 1.82) is 0 Å². The van der Waals surface area contributed by atoms with Gasteiger partial charge < -0.3 is 19.7 Å². The van der Waals surface area contributed by atoms with Gasteiger partial charge in [0.25, 0.3) is 0 Å². The van der Waals surface area contributed by atoms with Gasteiger partial charge >= 0.3 is 0 Å². The van der Waals surface area contributed by atoms with E-state index in [1.165, 1.54) is 24.0 Å². The summed E-state index contributed by atoms with van der Waals surface area (Å²) in [5, 5.41) is 23.1. The molecule has 1 spiro atoms. The van der Waals surface area contributed by atoms with Crippen LogP contribution in [0.4, 0.5) is 0 Å². The van der Waals surface area contributed by atoms with Crippen LogP contribution < -0.4 is 4.74 Å². The van der Waals surface area contributed by atoms with Crippen molar-refractivity contribution < 1.29 is 19.7 Å². The number of piperidine rings is 1. The maximum Gasteiger partial charge on any atom is 0.165 e. The monoisotopic (exact) mass is 471 g/mol. The Morgan fingerprint density at radius 2 is 1.91 bits per heavy atom. The van der Waals surface area contributed by atoms with Gasteiger partial charge in [0.1, 0.15) is 11.7 Å². The molecule has 2 N–H and O–H groups in total. The van der Waals surface area contributed by atoms with E-state index < -0.39 is 11.2 Å². The van der Waals surface area contributed by atoms with Crippen LogP contribution in [0.15, 0.2) is 12.1 Å². The molecule has 5 rings (SSSR count). The largest absolute Gasteiger partial charge is 0.504 e. The van der Waals surface area contributed by atoms with E-state index in [4.69, 9.17) is 9.47 Å². The molecule has 5 nitrogen and oxygen atoms in total. The lowest BCUT2D eigenvalue weighted by molar-refractivity contribution is -0.270. The second kappa shape index (κ2) is 7.36. The zero-order valence-corrected chi connectivity index (χ0v) is 22.5.